The Bertz CT molecular complexity index is 1950. The van der Waals surface area contributed by atoms with Crippen LogP contribution in [-0.2, 0) is 29.7 Å². The van der Waals surface area contributed by atoms with E-state index in [4.69, 9.17) is 4.98 Å². The molecule has 0 saturated heterocycles. The number of aryl methyl sites for hydroxylation is 1. The normalized spacial score (nSPS) is 13.8. The maximum Gasteiger partial charge on any atom is 0.243 e. The summed E-state index contributed by atoms with van der Waals surface area (Å²) >= 11 is 0. The smallest absolute Gasteiger partial charge is 0.243 e. The maximum atomic E-state index is 13.8. The Morgan fingerprint density at radius 3 is 2.13 bits per heavy atom. The van der Waals surface area contributed by atoms with Gasteiger partial charge in [-0.15, -0.1) is 0 Å². The zero-order chi connectivity index (χ0) is 26.6. The number of hydrogen-bond donors (Lipinski definition) is 0. The molecule has 1 aliphatic heterocycles. The zero-order valence-corrected chi connectivity index (χ0v) is 22.4. The minimum absolute atomic E-state index is 0.289. The van der Waals surface area contributed by atoms with Crippen molar-refractivity contribution in [3.63, 3.8) is 0 Å². The van der Waals surface area contributed by atoms with Crippen LogP contribution in [0.15, 0.2) is 114 Å². The molecular formula is C33H27N3O2S. The van der Waals surface area contributed by atoms with Crippen LogP contribution in [0.5, 0.6) is 0 Å². The lowest BCUT2D eigenvalue weighted by atomic mass is 9.99. The molecule has 0 radical (unpaired) electrons. The fourth-order valence-corrected chi connectivity index (χ4v) is 7.09. The van der Waals surface area contributed by atoms with E-state index < -0.39 is 10.0 Å². The summed E-state index contributed by atoms with van der Waals surface area (Å²) in [6.07, 6.45) is 0. The first kappa shape index (κ1) is 23.8. The molecule has 1 aliphatic rings. The van der Waals surface area contributed by atoms with Crippen LogP contribution in [0.2, 0.25) is 0 Å². The molecule has 7 rings (SSSR count). The first-order chi connectivity index (χ1) is 19.0. The Labute approximate surface area is 228 Å². The van der Waals surface area contributed by atoms with E-state index in [-0.39, 0.29) is 6.54 Å². The van der Waals surface area contributed by atoms with Gasteiger partial charge < -0.3 is 4.57 Å². The molecule has 2 aromatic heterocycles. The molecule has 0 aliphatic carbocycles. The SMILES string of the molecule is Cc1ccc(S(=O)(=O)N2Cc3c(-c4ccccc4)nc4c(c3C2)c2ccccc2n4Cc2ccccc2)cc1. The highest BCUT2D eigenvalue weighted by molar-refractivity contribution is 7.89. The molecule has 39 heavy (non-hydrogen) atoms. The number of fused-ring (bicyclic) bond motifs is 5. The van der Waals surface area contributed by atoms with Gasteiger partial charge in [-0.3, -0.25) is 0 Å². The fourth-order valence-electron chi connectivity index (χ4n) is 5.71. The van der Waals surface area contributed by atoms with E-state index >= 15 is 0 Å². The van der Waals surface area contributed by atoms with E-state index in [2.05, 4.69) is 59.2 Å². The summed E-state index contributed by atoms with van der Waals surface area (Å²) in [5.74, 6) is 0. The molecule has 6 aromatic rings. The highest BCUT2D eigenvalue weighted by Crippen LogP contribution is 2.42. The molecule has 0 atom stereocenters. The summed E-state index contributed by atoms with van der Waals surface area (Å²) in [6.45, 7) is 3.23. The van der Waals surface area contributed by atoms with Gasteiger partial charge in [0.25, 0.3) is 0 Å². The highest BCUT2D eigenvalue weighted by Gasteiger charge is 2.35. The topological polar surface area (TPSA) is 55.2 Å². The van der Waals surface area contributed by atoms with Crippen LogP contribution >= 0.6 is 0 Å². The number of pyridine rings is 1. The van der Waals surface area contributed by atoms with Gasteiger partial charge in [-0.05, 0) is 41.8 Å². The van der Waals surface area contributed by atoms with E-state index in [1.54, 1.807) is 16.4 Å². The summed E-state index contributed by atoms with van der Waals surface area (Å²) in [5, 5.41) is 2.14. The van der Waals surface area contributed by atoms with Gasteiger partial charge in [0, 0.05) is 36.0 Å². The summed E-state index contributed by atoms with van der Waals surface area (Å²) < 4.78 is 31.5. The number of rotatable bonds is 5. The van der Waals surface area contributed by atoms with Crippen molar-refractivity contribution in [1.29, 1.82) is 0 Å². The van der Waals surface area contributed by atoms with Gasteiger partial charge in [0.05, 0.1) is 16.1 Å². The van der Waals surface area contributed by atoms with E-state index in [1.165, 1.54) is 5.56 Å². The van der Waals surface area contributed by atoms with Crippen LogP contribution in [0.25, 0.3) is 33.2 Å². The van der Waals surface area contributed by atoms with Crippen LogP contribution in [0.1, 0.15) is 22.3 Å². The van der Waals surface area contributed by atoms with E-state index in [1.807, 2.05) is 49.4 Å². The third-order valence-electron chi connectivity index (χ3n) is 7.67. The third-order valence-corrected chi connectivity index (χ3v) is 9.48. The van der Waals surface area contributed by atoms with Gasteiger partial charge in [-0.2, -0.15) is 4.31 Å². The Hall–Kier alpha value is -4.26. The van der Waals surface area contributed by atoms with Crippen LogP contribution in [0.3, 0.4) is 0 Å². The van der Waals surface area contributed by atoms with Gasteiger partial charge in [-0.1, -0.05) is 96.6 Å². The quantitative estimate of drug-likeness (QED) is 0.244. The van der Waals surface area contributed by atoms with Gasteiger partial charge in [0.2, 0.25) is 10.0 Å². The van der Waals surface area contributed by atoms with Crippen LogP contribution in [-0.4, -0.2) is 22.3 Å². The molecule has 3 heterocycles. The second-order valence-electron chi connectivity index (χ2n) is 10.2. The van der Waals surface area contributed by atoms with Crippen molar-refractivity contribution in [2.45, 2.75) is 31.5 Å². The lowest BCUT2D eigenvalue weighted by Crippen LogP contribution is -2.25. The number of aromatic nitrogens is 2. The summed E-state index contributed by atoms with van der Waals surface area (Å²) in [7, 11) is -3.69. The summed E-state index contributed by atoms with van der Waals surface area (Å²) in [6, 6.07) is 35.9. The van der Waals surface area contributed by atoms with E-state index in [9.17, 15) is 8.42 Å². The largest absolute Gasteiger partial charge is 0.321 e. The molecule has 0 unspecified atom stereocenters. The number of benzene rings is 4. The monoisotopic (exact) mass is 529 g/mol. The maximum absolute atomic E-state index is 13.8. The predicted molar refractivity (Wildman–Crippen MR) is 156 cm³/mol. The predicted octanol–water partition coefficient (Wildman–Crippen LogP) is 6.92. The summed E-state index contributed by atoms with van der Waals surface area (Å²) in [5.41, 5.74) is 8.04. The highest BCUT2D eigenvalue weighted by atomic mass is 32.2. The van der Waals surface area contributed by atoms with Crippen LogP contribution in [0.4, 0.5) is 0 Å². The van der Waals surface area contributed by atoms with Gasteiger partial charge in [-0.25, -0.2) is 13.4 Å². The van der Waals surface area contributed by atoms with Crippen LogP contribution in [0, 0.1) is 6.92 Å². The average molecular weight is 530 g/mol. The van der Waals surface area contributed by atoms with Crippen molar-refractivity contribution in [3.8, 4) is 11.3 Å². The molecule has 0 N–H and O–H groups in total. The van der Waals surface area contributed by atoms with Crippen molar-refractivity contribution < 1.29 is 8.42 Å². The minimum atomic E-state index is -3.69. The average Bonchev–Trinajstić information content (AvgIpc) is 3.55. The molecule has 0 saturated carbocycles. The lowest BCUT2D eigenvalue weighted by Gasteiger charge is -2.16. The van der Waals surface area contributed by atoms with Crippen molar-refractivity contribution in [3.05, 3.63) is 131 Å². The Morgan fingerprint density at radius 1 is 0.744 bits per heavy atom. The van der Waals surface area contributed by atoms with Crippen LogP contribution < -0.4 is 0 Å². The minimum Gasteiger partial charge on any atom is -0.321 e. The van der Waals surface area contributed by atoms with Crippen molar-refractivity contribution in [1.82, 2.24) is 13.9 Å². The second-order valence-corrected chi connectivity index (χ2v) is 12.1. The lowest BCUT2D eigenvalue weighted by molar-refractivity contribution is 0.432. The van der Waals surface area contributed by atoms with Gasteiger partial charge >= 0.3 is 0 Å². The van der Waals surface area contributed by atoms with E-state index in [0.29, 0.717) is 18.0 Å². The number of para-hydroxylation sites is 1. The van der Waals surface area contributed by atoms with Gasteiger partial charge in [0.1, 0.15) is 5.65 Å². The zero-order valence-electron chi connectivity index (χ0n) is 21.6. The Morgan fingerprint density at radius 2 is 1.38 bits per heavy atom. The number of sulfonamides is 1. The standard InChI is InChI=1S/C33H27N3O2S/c1-23-16-18-26(19-17-23)39(37,38)35-21-28-29(22-35)32(25-12-6-3-7-13-25)34-33-31(28)27-14-8-9-15-30(27)36(33)20-24-10-4-2-5-11-24/h2-19H,20-22H2,1H3. The first-order valence-electron chi connectivity index (χ1n) is 13.1. The van der Waals surface area contributed by atoms with Crippen molar-refractivity contribution >= 4 is 32.0 Å². The number of nitrogens with zero attached hydrogens (tertiary/aromatic N) is 3. The Kier molecular flexibility index (Phi) is 5.61. The molecule has 5 nitrogen and oxygen atoms in total. The Balaban J connectivity index is 1.48. The molecular weight excluding hydrogens is 502 g/mol. The molecule has 0 amide bonds. The van der Waals surface area contributed by atoms with E-state index in [0.717, 1.165) is 49.9 Å². The summed E-state index contributed by atoms with van der Waals surface area (Å²) in [4.78, 5) is 5.61. The molecule has 4 aromatic carbocycles. The molecule has 192 valence electrons. The fraction of sp³-hybridized carbons (Fsp3) is 0.121. The molecule has 6 heteroatoms. The molecule has 0 spiro atoms. The van der Waals surface area contributed by atoms with Crippen molar-refractivity contribution in [2.75, 3.05) is 0 Å². The second kappa shape index (κ2) is 9.19. The van der Waals surface area contributed by atoms with Crippen molar-refractivity contribution in [2.24, 2.45) is 0 Å². The number of hydrogen-bond acceptors (Lipinski definition) is 3. The van der Waals surface area contributed by atoms with Gasteiger partial charge in [0.15, 0.2) is 0 Å². The molecule has 0 fully saturated rings. The first-order valence-corrected chi connectivity index (χ1v) is 14.5. The molecule has 0 bridgehead atoms. The third kappa shape index (κ3) is 3.95.